The van der Waals surface area contributed by atoms with Crippen LogP contribution in [0.1, 0.15) is 5.82 Å². The van der Waals surface area contributed by atoms with Crippen LogP contribution in [0, 0.1) is 0 Å². The van der Waals surface area contributed by atoms with Crippen LogP contribution in [0.3, 0.4) is 0 Å². The SMILES string of the molecule is CN(CC(=O)Nc1ccccc1Cl)Cc1nc2ccccc2c(=O)[nH]1. The third-order valence-corrected chi connectivity index (χ3v) is 3.97. The lowest BCUT2D eigenvalue weighted by molar-refractivity contribution is -0.117. The third kappa shape index (κ3) is 4.23. The summed E-state index contributed by atoms with van der Waals surface area (Å²) in [6.07, 6.45) is 0. The topological polar surface area (TPSA) is 78.1 Å². The van der Waals surface area contributed by atoms with Crippen LogP contribution in [-0.2, 0) is 11.3 Å². The predicted octanol–water partition coefficient (Wildman–Crippen LogP) is 2.65. The molecule has 0 spiro atoms. The summed E-state index contributed by atoms with van der Waals surface area (Å²) in [4.78, 5) is 33.2. The van der Waals surface area contributed by atoms with Crippen LogP contribution in [0.15, 0.2) is 53.3 Å². The molecule has 0 aliphatic carbocycles. The number of nitrogens with one attached hydrogen (secondary N) is 2. The molecule has 0 saturated heterocycles. The summed E-state index contributed by atoms with van der Waals surface area (Å²) in [5.74, 6) is 0.315. The van der Waals surface area contributed by atoms with Gasteiger partial charge in [0.05, 0.1) is 34.7 Å². The number of aromatic nitrogens is 2. The standard InChI is InChI=1S/C18H17ClN4O2/c1-23(11-17(24)21-15-9-5-3-7-13(15)19)10-16-20-14-8-4-2-6-12(14)18(25)22-16/h2-9H,10-11H2,1H3,(H,21,24)(H,20,22,25). The van der Waals surface area contributed by atoms with E-state index in [0.717, 1.165) is 0 Å². The zero-order valence-corrected chi connectivity index (χ0v) is 14.4. The first-order chi connectivity index (χ1) is 12.0. The van der Waals surface area contributed by atoms with Gasteiger partial charge in [0.15, 0.2) is 0 Å². The molecule has 0 atom stereocenters. The Kier molecular flexibility index (Phi) is 5.11. The second-order valence-electron chi connectivity index (χ2n) is 5.73. The van der Waals surface area contributed by atoms with Gasteiger partial charge in [-0.25, -0.2) is 4.98 Å². The van der Waals surface area contributed by atoms with Crippen molar-refractivity contribution < 1.29 is 4.79 Å². The summed E-state index contributed by atoms with van der Waals surface area (Å²) in [7, 11) is 1.78. The van der Waals surface area contributed by atoms with Crippen molar-refractivity contribution in [3.05, 3.63) is 69.7 Å². The predicted molar refractivity (Wildman–Crippen MR) is 98.8 cm³/mol. The number of anilines is 1. The molecule has 0 aliphatic rings. The molecule has 2 aromatic carbocycles. The second-order valence-corrected chi connectivity index (χ2v) is 6.14. The average molecular weight is 357 g/mol. The van der Waals surface area contributed by atoms with Gasteiger partial charge in [-0.3, -0.25) is 14.5 Å². The van der Waals surface area contributed by atoms with Crippen LogP contribution in [0.25, 0.3) is 10.9 Å². The summed E-state index contributed by atoms with van der Waals surface area (Å²) in [6.45, 7) is 0.484. The Labute approximate surface area is 149 Å². The van der Waals surface area contributed by atoms with Crippen molar-refractivity contribution in [3.8, 4) is 0 Å². The molecular weight excluding hydrogens is 340 g/mol. The van der Waals surface area contributed by atoms with Crippen LogP contribution >= 0.6 is 11.6 Å². The van der Waals surface area contributed by atoms with Crippen LogP contribution in [0.4, 0.5) is 5.69 Å². The van der Waals surface area contributed by atoms with E-state index in [1.54, 1.807) is 54.4 Å². The van der Waals surface area contributed by atoms with Crippen molar-refractivity contribution >= 4 is 34.1 Å². The van der Waals surface area contributed by atoms with E-state index in [2.05, 4.69) is 15.3 Å². The van der Waals surface area contributed by atoms with Gasteiger partial charge in [0.2, 0.25) is 5.91 Å². The third-order valence-electron chi connectivity index (χ3n) is 3.64. The largest absolute Gasteiger partial charge is 0.324 e. The molecule has 0 saturated carbocycles. The van der Waals surface area contributed by atoms with Crippen LogP contribution in [-0.4, -0.2) is 34.4 Å². The summed E-state index contributed by atoms with van der Waals surface area (Å²) in [6, 6.07) is 14.2. The molecule has 3 rings (SSSR count). The maximum Gasteiger partial charge on any atom is 0.258 e. The minimum Gasteiger partial charge on any atom is -0.324 e. The lowest BCUT2D eigenvalue weighted by Gasteiger charge is -2.16. The normalized spacial score (nSPS) is 11.0. The Morgan fingerprint density at radius 2 is 1.92 bits per heavy atom. The Hall–Kier alpha value is -2.70. The van der Waals surface area contributed by atoms with E-state index in [1.807, 2.05) is 6.07 Å². The fourth-order valence-electron chi connectivity index (χ4n) is 2.52. The van der Waals surface area contributed by atoms with Gasteiger partial charge in [-0.05, 0) is 31.3 Å². The minimum absolute atomic E-state index is 0.141. The Bertz CT molecular complexity index is 970. The highest BCUT2D eigenvalue weighted by molar-refractivity contribution is 6.33. The molecule has 0 bridgehead atoms. The highest BCUT2D eigenvalue weighted by atomic mass is 35.5. The van der Waals surface area contributed by atoms with E-state index in [1.165, 1.54) is 0 Å². The van der Waals surface area contributed by atoms with Gasteiger partial charge in [0.1, 0.15) is 5.82 Å². The quantitative estimate of drug-likeness (QED) is 0.736. The Morgan fingerprint density at radius 1 is 1.20 bits per heavy atom. The fourth-order valence-corrected chi connectivity index (χ4v) is 2.70. The number of H-pyrrole nitrogens is 1. The van der Waals surface area contributed by atoms with Crippen molar-refractivity contribution in [2.45, 2.75) is 6.54 Å². The number of halogens is 1. The number of likely N-dealkylation sites (N-methyl/N-ethyl adjacent to an activating group) is 1. The zero-order chi connectivity index (χ0) is 17.8. The number of hydrogen-bond acceptors (Lipinski definition) is 4. The monoisotopic (exact) mass is 356 g/mol. The van der Waals surface area contributed by atoms with Crippen molar-refractivity contribution in [2.75, 3.05) is 18.9 Å². The van der Waals surface area contributed by atoms with E-state index in [9.17, 15) is 9.59 Å². The van der Waals surface area contributed by atoms with Crippen molar-refractivity contribution in [1.29, 1.82) is 0 Å². The maximum atomic E-state index is 12.1. The number of carbonyl (C=O) groups excluding carboxylic acids is 1. The first-order valence-corrected chi connectivity index (χ1v) is 8.11. The molecule has 0 unspecified atom stereocenters. The molecule has 128 valence electrons. The highest BCUT2D eigenvalue weighted by Gasteiger charge is 2.11. The molecular formula is C18H17ClN4O2. The summed E-state index contributed by atoms with van der Waals surface area (Å²) >= 11 is 6.03. The highest BCUT2D eigenvalue weighted by Crippen LogP contribution is 2.20. The molecule has 25 heavy (non-hydrogen) atoms. The number of carbonyl (C=O) groups is 1. The summed E-state index contributed by atoms with van der Waals surface area (Å²) in [5.41, 5.74) is 1.02. The number of hydrogen-bond donors (Lipinski definition) is 2. The van der Waals surface area contributed by atoms with Crippen molar-refractivity contribution in [1.82, 2.24) is 14.9 Å². The van der Waals surface area contributed by atoms with Crippen molar-refractivity contribution in [2.24, 2.45) is 0 Å². The zero-order valence-electron chi connectivity index (χ0n) is 13.6. The van der Waals surface area contributed by atoms with Crippen molar-refractivity contribution in [3.63, 3.8) is 0 Å². The number of aromatic amines is 1. The van der Waals surface area contributed by atoms with Crippen LogP contribution in [0.2, 0.25) is 5.02 Å². The van der Waals surface area contributed by atoms with E-state index in [-0.39, 0.29) is 18.0 Å². The summed E-state index contributed by atoms with van der Waals surface area (Å²) in [5, 5.41) is 3.79. The number of rotatable bonds is 5. The van der Waals surface area contributed by atoms with Gasteiger partial charge in [0, 0.05) is 0 Å². The number of fused-ring (bicyclic) bond motifs is 1. The first-order valence-electron chi connectivity index (χ1n) is 7.74. The van der Waals surface area contributed by atoms with E-state index >= 15 is 0 Å². The fraction of sp³-hybridized carbons (Fsp3) is 0.167. The average Bonchev–Trinajstić information content (AvgIpc) is 2.57. The smallest absolute Gasteiger partial charge is 0.258 e. The van der Waals surface area contributed by atoms with Gasteiger partial charge in [-0.2, -0.15) is 0 Å². The maximum absolute atomic E-state index is 12.1. The molecule has 1 heterocycles. The molecule has 1 aromatic heterocycles. The van der Waals surface area contributed by atoms with E-state index in [4.69, 9.17) is 11.6 Å². The van der Waals surface area contributed by atoms with Gasteiger partial charge in [0.25, 0.3) is 5.56 Å². The number of amides is 1. The number of benzene rings is 2. The first kappa shape index (κ1) is 17.1. The molecule has 1 amide bonds. The molecule has 6 nitrogen and oxygen atoms in total. The van der Waals surface area contributed by atoms with Gasteiger partial charge in [-0.1, -0.05) is 35.9 Å². The van der Waals surface area contributed by atoms with Gasteiger partial charge in [-0.15, -0.1) is 0 Å². The lowest BCUT2D eigenvalue weighted by Crippen LogP contribution is -2.31. The Balaban J connectivity index is 1.66. The molecule has 0 aliphatic heterocycles. The summed E-state index contributed by atoms with van der Waals surface area (Å²) < 4.78 is 0. The van der Waals surface area contributed by atoms with E-state index in [0.29, 0.717) is 34.0 Å². The number of nitrogens with zero attached hydrogens (tertiary/aromatic N) is 2. The number of para-hydroxylation sites is 2. The lowest BCUT2D eigenvalue weighted by atomic mass is 10.2. The van der Waals surface area contributed by atoms with E-state index < -0.39 is 0 Å². The molecule has 3 aromatic rings. The van der Waals surface area contributed by atoms with Crippen LogP contribution < -0.4 is 10.9 Å². The van der Waals surface area contributed by atoms with Gasteiger partial charge < -0.3 is 10.3 Å². The molecule has 2 N–H and O–H groups in total. The molecule has 7 heteroatoms. The van der Waals surface area contributed by atoms with Crippen LogP contribution in [0.5, 0.6) is 0 Å². The molecule has 0 fully saturated rings. The van der Waals surface area contributed by atoms with Gasteiger partial charge >= 0.3 is 0 Å². The minimum atomic E-state index is -0.196. The second kappa shape index (κ2) is 7.46. The Morgan fingerprint density at radius 3 is 2.72 bits per heavy atom. The molecule has 0 radical (unpaired) electrons.